The molecule has 1 aromatic carbocycles. The van der Waals surface area contributed by atoms with Gasteiger partial charge in [0.1, 0.15) is 15.2 Å². The van der Waals surface area contributed by atoms with Gasteiger partial charge in [0.05, 0.1) is 6.54 Å². The Hall–Kier alpha value is -2.01. The molecule has 0 saturated carbocycles. The molecule has 1 aromatic heterocycles. The van der Waals surface area contributed by atoms with E-state index in [4.69, 9.17) is 5.26 Å². The van der Waals surface area contributed by atoms with Gasteiger partial charge in [0, 0.05) is 5.56 Å². The third kappa shape index (κ3) is 3.30. The van der Waals surface area contributed by atoms with E-state index in [1.54, 1.807) is 30.3 Å². The first-order valence-corrected chi connectivity index (χ1v) is 7.91. The molecule has 1 heterocycles. The third-order valence-corrected chi connectivity index (χ3v) is 5.36. The number of benzene rings is 1. The van der Waals surface area contributed by atoms with Gasteiger partial charge < -0.3 is 0 Å². The van der Waals surface area contributed by atoms with Crippen LogP contribution >= 0.6 is 11.3 Å². The van der Waals surface area contributed by atoms with Gasteiger partial charge in [-0.3, -0.25) is 4.79 Å². The van der Waals surface area contributed by atoms with Crippen molar-refractivity contribution in [2.75, 3.05) is 6.54 Å². The summed E-state index contributed by atoms with van der Waals surface area (Å²) in [4.78, 5) is 12.1. The Morgan fingerprint density at radius 1 is 1.20 bits per heavy atom. The van der Waals surface area contributed by atoms with E-state index in [0.29, 0.717) is 10.4 Å². The minimum absolute atomic E-state index is 0.0231. The highest BCUT2D eigenvalue weighted by molar-refractivity contribution is 7.91. The Labute approximate surface area is 120 Å². The van der Waals surface area contributed by atoms with Crippen molar-refractivity contribution in [2.24, 2.45) is 0 Å². The highest BCUT2D eigenvalue weighted by Gasteiger charge is 2.18. The van der Waals surface area contributed by atoms with E-state index in [0.717, 1.165) is 11.3 Å². The van der Waals surface area contributed by atoms with Crippen LogP contribution in [0, 0.1) is 11.3 Å². The van der Waals surface area contributed by atoms with Gasteiger partial charge >= 0.3 is 0 Å². The highest BCUT2D eigenvalue weighted by Crippen LogP contribution is 2.20. The molecule has 2 rings (SSSR count). The third-order valence-electron chi connectivity index (χ3n) is 2.47. The van der Waals surface area contributed by atoms with Crippen molar-refractivity contribution in [1.29, 1.82) is 5.26 Å². The molecular weight excluding hydrogens is 296 g/mol. The monoisotopic (exact) mass is 306 g/mol. The number of thiophene rings is 1. The number of rotatable bonds is 5. The zero-order valence-electron chi connectivity index (χ0n) is 10.2. The van der Waals surface area contributed by atoms with E-state index in [1.807, 2.05) is 6.07 Å². The molecule has 0 fully saturated rings. The van der Waals surface area contributed by atoms with Crippen LogP contribution in [0.2, 0.25) is 0 Å². The van der Waals surface area contributed by atoms with E-state index in [9.17, 15) is 13.2 Å². The predicted molar refractivity (Wildman–Crippen MR) is 75.0 cm³/mol. The Bertz CT molecular complexity index is 758. The quantitative estimate of drug-likeness (QED) is 0.853. The Balaban J connectivity index is 2.07. The second-order valence-electron chi connectivity index (χ2n) is 3.84. The van der Waals surface area contributed by atoms with Gasteiger partial charge in [-0.2, -0.15) is 5.26 Å². The van der Waals surface area contributed by atoms with Gasteiger partial charge in [0.2, 0.25) is 0 Å². The molecule has 0 aliphatic rings. The number of hydrogen-bond acceptors (Lipinski definition) is 5. The van der Waals surface area contributed by atoms with Crippen LogP contribution in [0.1, 0.15) is 15.2 Å². The molecule has 0 spiro atoms. The van der Waals surface area contributed by atoms with Crippen molar-refractivity contribution >= 4 is 27.1 Å². The molecule has 0 atom stereocenters. The van der Waals surface area contributed by atoms with Crippen molar-refractivity contribution in [3.05, 3.63) is 52.9 Å². The maximum atomic E-state index is 11.9. The van der Waals surface area contributed by atoms with Crippen molar-refractivity contribution in [3.8, 4) is 6.07 Å². The fourth-order valence-corrected chi connectivity index (χ4v) is 3.61. The second kappa shape index (κ2) is 5.96. The van der Waals surface area contributed by atoms with Crippen LogP contribution in [-0.2, 0) is 10.0 Å². The topological polar surface area (TPSA) is 87.0 Å². The number of ketones is 1. The second-order valence-corrected chi connectivity index (χ2v) is 6.92. The van der Waals surface area contributed by atoms with Crippen LogP contribution in [0.3, 0.4) is 0 Å². The van der Waals surface area contributed by atoms with Gasteiger partial charge in [-0.25, -0.2) is 13.1 Å². The average molecular weight is 306 g/mol. The summed E-state index contributed by atoms with van der Waals surface area (Å²) in [6.45, 7) is -0.313. The molecule has 20 heavy (non-hydrogen) atoms. The van der Waals surface area contributed by atoms with Gasteiger partial charge in [-0.15, -0.1) is 11.3 Å². The normalized spacial score (nSPS) is 10.9. The molecule has 0 unspecified atom stereocenters. The lowest BCUT2D eigenvalue weighted by atomic mass is 10.1. The van der Waals surface area contributed by atoms with Crippen LogP contribution in [0.5, 0.6) is 0 Å². The number of hydrogen-bond donors (Lipinski definition) is 1. The number of nitrogens with one attached hydrogen (secondary N) is 1. The summed E-state index contributed by atoms with van der Waals surface area (Å²) in [6, 6.07) is 13.1. The van der Waals surface area contributed by atoms with Gasteiger partial charge in [-0.05, 0) is 12.1 Å². The summed E-state index contributed by atoms with van der Waals surface area (Å²) in [5.41, 5.74) is 0.444. The highest BCUT2D eigenvalue weighted by atomic mass is 32.2. The summed E-state index contributed by atoms with van der Waals surface area (Å²) in [6.07, 6.45) is 0. The lowest BCUT2D eigenvalue weighted by Crippen LogP contribution is -2.29. The summed E-state index contributed by atoms with van der Waals surface area (Å²) in [7, 11) is -3.76. The van der Waals surface area contributed by atoms with Crippen LogP contribution < -0.4 is 4.72 Å². The average Bonchev–Trinajstić information content (AvgIpc) is 2.95. The molecule has 0 radical (unpaired) electrons. The Morgan fingerprint density at radius 3 is 2.50 bits per heavy atom. The molecule has 0 bridgehead atoms. The fourth-order valence-electron chi connectivity index (χ4n) is 1.48. The maximum Gasteiger partial charge on any atom is 0.250 e. The molecule has 0 saturated heterocycles. The predicted octanol–water partition coefficient (Wildman–Crippen LogP) is 1.78. The van der Waals surface area contributed by atoms with E-state index in [1.165, 1.54) is 12.1 Å². The smallest absolute Gasteiger partial charge is 0.250 e. The van der Waals surface area contributed by atoms with Gasteiger partial charge in [-0.1, -0.05) is 30.3 Å². The Morgan fingerprint density at radius 2 is 1.90 bits per heavy atom. The standard InChI is InChI=1S/C13H10N2O3S2/c14-8-11-6-7-13(19-11)20(17,18)15-9-12(16)10-4-2-1-3-5-10/h1-7,15H,9H2. The number of nitrogens with zero attached hydrogens (tertiary/aromatic N) is 1. The van der Waals surface area contributed by atoms with Crippen LogP contribution in [0.4, 0.5) is 0 Å². The first-order chi connectivity index (χ1) is 9.53. The van der Waals surface area contributed by atoms with Crippen molar-refractivity contribution in [1.82, 2.24) is 4.72 Å². The van der Waals surface area contributed by atoms with E-state index < -0.39 is 10.0 Å². The first-order valence-electron chi connectivity index (χ1n) is 5.61. The lowest BCUT2D eigenvalue weighted by molar-refractivity contribution is 0.0997. The van der Waals surface area contributed by atoms with Crippen molar-refractivity contribution < 1.29 is 13.2 Å². The maximum absolute atomic E-state index is 11.9. The number of Topliss-reactive ketones (excluding diaryl/α,β-unsaturated/α-hetero) is 1. The molecule has 0 amide bonds. The largest absolute Gasteiger partial charge is 0.293 e. The van der Waals surface area contributed by atoms with Gasteiger partial charge in [0.15, 0.2) is 5.78 Å². The molecule has 2 aromatic rings. The molecule has 7 heteroatoms. The number of carbonyl (C=O) groups is 1. The lowest BCUT2D eigenvalue weighted by Gasteiger charge is -2.04. The minimum atomic E-state index is -3.76. The van der Waals surface area contributed by atoms with Crippen molar-refractivity contribution in [2.45, 2.75) is 4.21 Å². The molecule has 1 N–H and O–H groups in total. The zero-order valence-corrected chi connectivity index (χ0v) is 11.9. The SMILES string of the molecule is N#Cc1ccc(S(=O)(=O)NCC(=O)c2ccccc2)s1. The summed E-state index contributed by atoms with van der Waals surface area (Å²) < 4.78 is 26.1. The first kappa shape index (κ1) is 14.4. The summed E-state index contributed by atoms with van der Waals surface area (Å²) in [5.74, 6) is -0.314. The van der Waals surface area contributed by atoms with Crippen molar-refractivity contribution in [3.63, 3.8) is 0 Å². The minimum Gasteiger partial charge on any atom is -0.293 e. The molecule has 102 valence electrons. The summed E-state index contributed by atoms with van der Waals surface area (Å²) >= 11 is 0.864. The molecular formula is C13H10N2O3S2. The van der Waals surface area contributed by atoms with E-state index in [-0.39, 0.29) is 16.5 Å². The summed E-state index contributed by atoms with van der Waals surface area (Å²) in [5, 5.41) is 8.67. The van der Waals surface area contributed by atoms with Crippen LogP contribution in [0.15, 0.2) is 46.7 Å². The van der Waals surface area contributed by atoms with Crippen LogP contribution in [0.25, 0.3) is 0 Å². The molecule has 0 aliphatic carbocycles. The van der Waals surface area contributed by atoms with E-state index >= 15 is 0 Å². The fraction of sp³-hybridized carbons (Fsp3) is 0.0769. The number of nitriles is 1. The molecule has 5 nitrogen and oxygen atoms in total. The number of sulfonamides is 1. The molecule has 0 aliphatic heterocycles. The number of carbonyl (C=O) groups excluding carboxylic acids is 1. The van der Waals surface area contributed by atoms with Crippen LogP contribution in [-0.4, -0.2) is 20.7 Å². The van der Waals surface area contributed by atoms with E-state index in [2.05, 4.69) is 4.72 Å². The Kier molecular flexibility index (Phi) is 4.29. The zero-order chi connectivity index (χ0) is 14.6. The van der Waals surface area contributed by atoms with Gasteiger partial charge in [0.25, 0.3) is 10.0 Å².